The first-order valence-corrected chi connectivity index (χ1v) is 10.6. The van der Waals surface area contributed by atoms with Gasteiger partial charge in [-0.25, -0.2) is 14.4 Å². The monoisotopic (exact) mass is 481 g/mol. The number of benzene rings is 1. The summed E-state index contributed by atoms with van der Waals surface area (Å²) in [6.45, 7) is 2.04. The average Bonchev–Trinajstić information content (AvgIpc) is 2.85. The molecule has 184 valence electrons. The van der Waals surface area contributed by atoms with Crippen LogP contribution >= 0.6 is 0 Å². The number of Topliss-reactive ketones (excluding diaryl/α,β-unsaturated/α-hetero) is 1. The zero-order valence-electron chi connectivity index (χ0n) is 19.9. The number of amides is 1. The van der Waals surface area contributed by atoms with Gasteiger partial charge in [0.25, 0.3) is 0 Å². The number of allylic oxidation sites excluding steroid dienone is 5. The maximum Gasteiger partial charge on any atom is 0.335 e. The molecule has 2 atom stereocenters. The number of aliphatic carboxylic acids is 1. The molecule has 0 saturated carbocycles. The van der Waals surface area contributed by atoms with Crippen molar-refractivity contribution in [1.82, 2.24) is 4.90 Å². The molecule has 0 aliphatic heterocycles. The number of hydrogen-bond donors (Lipinski definition) is 1. The topological polar surface area (TPSA) is 127 Å². The van der Waals surface area contributed by atoms with E-state index in [1.165, 1.54) is 45.2 Å². The van der Waals surface area contributed by atoms with E-state index >= 15 is 0 Å². The van der Waals surface area contributed by atoms with E-state index in [4.69, 9.17) is 9.47 Å². The molecule has 2 unspecified atom stereocenters. The van der Waals surface area contributed by atoms with Crippen LogP contribution in [0.1, 0.15) is 25.8 Å². The van der Waals surface area contributed by atoms with Gasteiger partial charge >= 0.3 is 11.9 Å². The molecular formula is C26H27NO8. The fourth-order valence-electron chi connectivity index (χ4n) is 3.63. The highest BCUT2D eigenvalue weighted by molar-refractivity contribution is 6.00. The summed E-state index contributed by atoms with van der Waals surface area (Å²) in [5, 5.41) is 10.2. The lowest BCUT2D eigenvalue weighted by atomic mass is 9.88. The van der Waals surface area contributed by atoms with Gasteiger partial charge in [-0.15, -0.1) is 0 Å². The van der Waals surface area contributed by atoms with Gasteiger partial charge in [0.1, 0.15) is 17.5 Å². The standard InChI is InChI=1S/C26H27NO8/c1-17(29)12-23(30)27(26(2,25(32)33)21-8-6-5-7-9-21)15-19(24(31)35-4)13-18-10-11-22(34-3)14-20(18)16-28/h5-11,13-14,18H,12,15H2,1-4H3,(H,32,33). The Kier molecular flexibility index (Phi) is 9.08. The smallest absolute Gasteiger partial charge is 0.335 e. The lowest BCUT2D eigenvalue weighted by Crippen LogP contribution is -2.54. The van der Waals surface area contributed by atoms with Crippen LogP contribution in [0.5, 0.6) is 0 Å². The van der Waals surface area contributed by atoms with Crippen LogP contribution in [0.3, 0.4) is 0 Å². The second-order valence-corrected chi connectivity index (χ2v) is 7.98. The zero-order valence-corrected chi connectivity index (χ0v) is 19.9. The van der Waals surface area contributed by atoms with Crippen LogP contribution < -0.4 is 0 Å². The van der Waals surface area contributed by atoms with Gasteiger partial charge in [-0.2, -0.15) is 0 Å². The summed E-state index contributed by atoms with van der Waals surface area (Å²) in [4.78, 5) is 62.6. The fourth-order valence-corrected chi connectivity index (χ4v) is 3.63. The van der Waals surface area contributed by atoms with Crippen LogP contribution in [0.15, 0.2) is 71.5 Å². The highest BCUT2D eigenvalue weighted by atomic mass is 16.5. The first-order chi connectivity index (χ1) is 16.6. The van der Waals surface area contributed by atoms with Gasteiger partial charge in [0.05, 0.1) is 38.3 Å². The molecule has 1 aromatic rings. The molecule has 1 aliphatic rings. The van der Waals surface area contributed by atoms with Crippen molar-refractivity contribution in [1.29, 1.82) is 0 Å². The van der Waals surface area contributed by atoms with Crippen LogP contribution in [0.2, 0.25) is 0 Å². The maximum absolute atomic E-state index is 13.2. The van der Waals surface area contributed by atoms with Crippen LogP contribution in [-0.4, -0.2) is 60.3 Å². The molecule has 0 saturated heterocycles. The molecule has 0 heterocycles. The molecule has 1 amide bonds. The van der Waals surface area contributed by atoms with Crippen molar-refractivity contribution in [3.05, 3.63) is 77.1 Å². The second kappa shape index (κ2) is 11.8. The Balaban J connectivity index is 2.64. The van der Waals surface area contributed by atoms with E-state index in [0.717, 1.165) is 12.0 Å². The number of nitrogens with zero attached hydrogens (tertiary/aromatic N) is 1. The van der Waals surface area contributed by atoms with Crippen molar-refractivity contribution < 1.29 is 38.6 Å². The first kappa shape index (κ1) is 27.0. The number of esters is 1. The van der Waals surface area contributed by atoms with Gasteiger partial charge in [0.2, 0.25) is 5.91 Å². The number of carbonyl (C=O) groups is 4. The molecule has 35 heavy (non-hydrogen) atoms. The minimum atomic E-state index is -1.92. The number of methoxy groups -OCH3 is 2. The highest BCUT2D eigenvalue weighted by Gasteiger charge is 2.45. The quantitative estimate of drug-likeness (QED) is 0.234. The van der Waals surface area contributed by atoms with Crippen molar-refractivity contribution in [3.63, 3.8) is 0 Å². The van der Waals surface area contributed by atoms with E-state index in [2.05, 4.69) is 0 Å². The van der Waals surface area contributed by atoms with Gasteiger partial charge in [-0.05, 0) is 31.6 Å². The van der Waals surface area contributed by atoms with Gasteiger partial charge in [-0.3, -0.25) is 9.59 Å². The Hall–Kier alpha value is -4.23. The molecule has 2 rings (SSSR count). The molecule has 0 aromatic heterocycles. The largest absolute Gasteiger partial charge is 0.497 e. The summed E-state index contributed by atoms with van der Waals surface area (Å²) in [5.41, 5.74) is -1.57. The normalized spacial score (nSPS) is 16.9. The molecule has 0 spiro atoms. The third-order valence-electron chi connectivity index (χ3n) is 5.63. The minimum Gasteiger partial charge on any atom is -0.497 e. The predicted molar refractivity (Wildman–Crippen MR) is 125 cm³/mol. The van der Waals surface area contributed by atoms with Crippen LogP contribution in [-0.2, 0) is 39.0 Å². The van der Waals surface area contributed by atoms with Crippen molar-refractivity contribution >= 4 is 29.6 Å². The Morgan fingerprint density at radius 3 is 2.34 bits per heavy atom. The Morgan fingerprint density at radius 1 is 1.17 bits per heavy atom. The van der Waals surface area contributed by atoms with Crippen molar-refractivity contribution in [2.24, 2.45) is 5.92 Å². The van der Waals surface area contributed by atoms with Gasteiger partial charge in [0, 0.05) is 5.92 Å². The SMILES string of the molecule is COC(=O)C(=CC1C=CC(OC)=CC1=C=O)CN(C(=O)CC(C)=O)C(C)(C(=O)O)c1ccccc1. The number of carboxylic acids is 1. The van der Waals surface area contributed by atoms with E-state index in [9.17, 15) is 29.1 Å². The molecule has 9 heteroatoms. The third kappa shape index (κ3) is 6.22. The summed E-state index contributed by atoms with van der Waals surface area (Å²) < 4.78 is 9.98. The molecule has 0 fully saturated rings. The number of ketones is 1. The number of ether oxygens (including phenoxy) is 2. The lowest BCUT2D eigenvalue weighted by molar-refractivity contribution is -0.159. The number of rotatable bonds is 10. The van der Waals surface area contributed by atoms with E-state index < -0.39 is 48.1 Å². The number of carboxylic acid groups (broad SMARTS) is 1. The molecule has 1 N–H and O–H groups in total. The lowest BCUT2D eigenvalue weighted by Gasteiger charge is -2.38. The minimum absolute atomic E-state index is 0.0792. The fraction of sp³-hybridized carbons (Fsp3) is 0.308. The Morgan fingerprint density at radius 2 is 1.83 bits per heavy atom. The third-order valence-corrected chi connectivity index (χ3v) is 5.63. The predicted octanol–water partition coefficient (Wildman–Crippen LogP) is 2.37. The second-order valence-electron chi connectivity index (χ2n) is 7.98. The Labute approximate surface area is 203 Å². The van der Waals surface area contributed by atoms with Crippen molar-refractivity contribution in [2.75, 3.05) is 20.8 Å². The van der Waals surface area contributed by atoms with Crippen molar-refractivity contribution in [3.8, 4) is 0 Å². The summed E-state index contributed by atoms with van der Waals surface area (Å²) in [6, 6.07) is 8.01. The number of carbonyl (C=O) groups excluding carboxylic acids is 4. The summed E-state index contributed by atoms with van der Waals surface area (Å²) in [5.74, 6) is -1.94. The molecular weight excluding hydrogens is 454 g/mol. The van der Waals surface area contributed by atoms with Gasteiger partial charge in [-0.1, -0.05) is 42.5 Å². The van der Waals surface area contributed by atoms with Crippen LogP contribution in [0, 0.1) is 5.92 Å². The summed E-state index contributed by atoms with van der Waals surface area (Å²) >= 11 is 0. The average molecular weight is 482 g/mol. The van der Waals surface area contributed by atoms with Gasteiger partial charge < -0.3 is 19.5 Å². The molecule has 1 aliphatic carbocycles. The first-order valence-electron chi connectivity index (χ1n) is 10.6. The maximum atomic E-state index is 13.2. The van der Waals surface area contributed by atoms with E-state index in [1.54, 1.807) is 36.3 Å². The van der Waals surface area contributed by atoms with Crippen molar-refractivity contribution in [2.45, 2.75) is 25.8 Å². The Bertz CT molecular complexity index is 1140. The van der Waals surface area contributed by atoms with Gasteiger partial charge in [0.15, 0.2) is 5.54 Å². The number of hydrogen-bond acceptors (Lipinski definition) is 7. The van der Waals surface area contributed by atoms with E-state index in [-0.39, 0.29) is 16.7 Å². The highest BCUT2D eigenvalue weighted by Crippen LogP contribution is 2.32. The summed E-state index contributed by atoms with van der Waals surface area (Å²) in [7, 11) is 2.57. The molecule has 1 aromatic carbocycles. The van der Waals surface area contributed by atoms with Crippen LogP contribution in [0.25, 0.3) is 0 Å². The molecule has 0 radical (unpaired) electrons. The van der Waals surface area contributed by atoms with E-state index in [1.807, 2.05) is 0 Å². The molecule has 9 nitrogen and oxygen atoms in total. The summed E-state index contributed by atoms with van der Waals surface area (Å²) in [6.07, 6.45) is 5.48. The molecule has 0 bridgehead atoms. The van der Waals surface area contributed by atoms with Crippen LogP contribution in [0.4, 0.5) is 0 Å². The zero-order chi connectivity index (χ0) is 26.2. The van der Waals surface area contributed by atoms with E-state index in [0.29, 0.717) is 5.76 Å².